The van der Waals surface area contributed by atoms with Crippen LogP contribution in [-0.4, -0.2) is 188 Å². The van der Waals surface area contributed by atoms with E-state index in [0.717, 1.165) is 0 Å². The van der Waals surface area contributed by atoms with Crippen LogP contribution in [0.2, 0.25) is 0 Å². The zero-order chi connectivity index (χ0) is 41.9. The molecular formula is C41H62N2O16. The molecule has 0 aliphatic heterocycles. The van der Waals surface area contributed by atoms with Crippen molar-refractivity contribution < 1.29 is 76.3 Å². The Hall–Kier alpha value is -3.79. The summed E-state index contributed by atoms with van der Waals surface area (Å²) in [7, 11) is 0. The van der Waals surface area contributed by atoms with Crippen LogP contribution in [0.25, 0.3) is 11.1 Å². The summed E-state index contributed by atoms with van der Waals surface area (Å²) in [6.07, 6.45) is -0.462. The molecule has 3 rings (SSSR count). The van der Waals surface area contributed by atoms with Gasteiger partial charge in [0, 0.05) is 19.0 Å². The minimum Gasteiger partial charge on any atom is -0.454 e. The van der Waals surface area contributed by atoms with Gasteiger partial charge in [-0.1, -0.05) is 48.5 Å². The maximum Gasteiger partial charge on any atom is 0.407 e. The van der Waals surface area contributed by atoms with Gasteiger partial charge in [0.2, 0.25) is 0 Å². The molecule has 0 spiro atoms. The SMILES string of the molecule is O=C(COC(=O)CO)NCCOCCOCCOCCOCCOCCOCCOCCOCCOCCOCCNC(=O)OCC1c2ccccc2-c2ccccc21. The number of carbonyl (C=O) groups is 3. The van der Waals surface area contributed by atoms with E-state index >= 15 is 0 Å². The number of amides is 2. The minimum absolute atomic E-state index is 0.0278. The molecular weight excluding hydrogens is 776 g/mol. The first-order valence-corrected chi connectivity index (χ1v) is 20.0. The van der Waals surface area contributed by atoms with Crippen molar-refractivity contribution in [2.75, 3.05) is 165 Å². The second-order valence-electron chi connectivity index (χ2n) is 12.5. The molecule has 2 amide bonds. The van der Waals surface area contributed by atoms with Gasteiger partial charge in [-0.15, -0.1) is 0 Å². The van der Waals surface area contributed by atoms with Crippen LogP contribution in [0.3, 0.4) is 0 Å². The number of ether oxygens (including phenoxy) is 12. The van der Waals surface area contributed by atoms with Crippen molar-refractivity contribution in [2.45, 2.75) is 5.92 Å². The summed E-state index contributed by atoms with van der Waals surface area (Å²) in [5.41, 5.74) is 4.74. The van der Waals surface area contributed by atoms with E-state index < -0.39 is 31.2 Å². The first-order valence-electron chi connectivity index (χ1n) is 20.0. The second kappa shape index (κ2) is 34.0. The zero-order valence-corrected chi connectivity index (χ0v) is 33.9. The lowest BCUT2D eigenvalue weighted by Gasteiger charge is -2.14. The number of aliphatic hydroxyl groups is 1. The Kier molecular flexibility index (Phi) is 28.5. The van der Waals surface area contributed by atoms with Gasteiger partial charge < -0.3 is 72.6 Å². The molecule has 18 nitrogen and oxygen atoms in total. The molecule has 1 aliphatic carbocycles. The van der Waals surface area contributed by atoms with Crippen LogP contribution < -0.4 is 10.6 Å². The van der Waals surface area contributed by atoms with Gasteiger partial charge in [0.25, 0.3) is 5.91 Å². The van der Waals surface area contributed by atoms with Crippen molar-refractivity contribution in [2.24, 2.45) is 0 Å². The van der Waals surface area contributed by atoms with Crippen molar-refractivity contribution in [3.63, 3.8) is 0 Å². The van der Waals surface area contributed by atoms with Crippen LogP contribution in [0.15, 0.2) is 48.5 Å². The fourth-order valence-electron chi connectivity index (χ4n) is 5.46. The topological polar surface area (TPSA) is 206 Å². The molecule has 0 saturated heterocycles. The molecule has 0 bridgehead atoms. The Morgan fingerprint density at radius 2 is 0.797 bits per heavy atom. The van der Waals surface area contributed by atoms with Crippen molar-refractivity contribution in [3.8, 4) is 11.1 Å². The van der Waals surface area contributed by atoms with E-state index in [2.05, 4.69) is 39.6 Å². The molecule has 0 aromatic heterocycles. The van der Waals surface area contributed by atoms with Gasteiger partial charge in [0.15, 0.2) is 6.61 Å². The number of esters is 1. The van der Waals surface area contributed by atoms with Crippen LogP contribution in [0.5, 0.6) is 0 Å². The molecule has 3 N–H and O–H groups in total. The zero-order valence-electron chi connectivity index (χ0n) is 33.9. The van der Waals surface area contributed by atoms with Gasteiger partial charge >= 0.3 is 12.1 Å². The second-order valence-corrected chi connectivity index (χ2v) is 12.5. The summed E-state index contributed by atoms with van der Waals surface area (Å²) in [6, 6.07) is 16.5. The summed E-state index contributed by atoms with van der Waals surface area (Å²) in [4.78, 5) is 34.4. The number of nitrogens with one attached hydrogen (secondary N) is 2. The highest BCUT2D eigenvalue weighted by atomic mass is 16.6. The van der Waals surface area contributed by atoms with Crippen molar-refractivity contribution >= 4 is 18.0 Å². The average molecular weight is 839 g/mol. The Labute approximate surface area is 346 Å². The normalized spacial score (nSPS) is 11.9. The predicted octanol–water partition coefficient (Wildman–Crippen LogP) is 1.34. The lowest BCUT2D eigenvalue weighted by Crippen LogP contribution is -2.32. The van der Waals surface area contributed by atoms with Crippen LogP contribution in [-0.2, 0) is 66.4 Å². The number of hydrogen-bond acceptors (Lipinski definition) is 16. The highest BCUT2D eigenvalue weighted by molar-refractivity contribution is 5.81. The molecule has 0 atom stereocenters. The number of carbonyl (C=O) groups excluding carboxylic acids is 3. The molecule has 0 heterocycles. The van der Waals surface area contributed by atoms with E-state index in [1.807, 2.05) is 24.3 Å². The van der Waals surface area contributed by atoms with Gasteiger partial charge in [-0.05, 0) is 22.3 Å². The number of alkyl carbamates (subject to hydrolysis) is 1. The Morgan fingerprint density at radius 1 is 0.458 bits per heavy atom. The quantitative estimate of drug-likeness (QED) is 0.0645. The first-order chi connectivity index (χ1) is 29.1. The highest BCUT2D eigenvalue weighted by Gasteiger charge is 2.29. The van der Waals surface area contributed by atoms with Crippen LogP contribution in [0.4, 0.5) is 4.79 Å². The maximum atomic E-state index is 12.2. The summed E-state index contributed by atoms with van der Waals surface area (Å²) in [6.45, 7) is 8.27. The van der Waals surface area contributed by atoms with Gasteiger partial charge in [0.05, 0.1) is 132 Å². The summed E-state index contributed by atoms with van der Waals surface area (Å²) in [5.74, 6) is -1.30. The molecule has 1 aliphatic rings. The summed E-state index contributed by atoms with van der Waals surface area (Å²) in [5, 5.41) is 13.8. The van der Waals surface area contributed by atoms with E-state index in [9.17, 15) is 14.4 Å². The van der Waals surface area contributed by atoms with E-state index in [-0.39, 0.29) is 25.7 Å². The molecule has 332 valence electrons. The van der Waals surface area contributed by atoms with E-state index in [1.54, 1.807) is 0 Å². The van der Waals surface area contributed by atoms with Gasteiger partial charge in [0.1, 0.15) is 13.2 Å². The van der Waals surface area contributed by atoms with Gasteiger partial charge in [-0.25, -0.2) is 9.59 Å². The molecule has 2 aromatic carbocycles. The van der Waals surface area contributed by atoms with Gasteiger partial charge in [-0.2, -0.15) is 0 Å². The number of hydrogen-bond donors (Lipinski definition) is 3. The van der Waals surface area contributed by atoms with E-state index in [1.165, 1.54) is 22.3 Å². The third-order valence-electron chi connectivity index (χ3n) is 8.27. The lowest BCUT2D eigenvalue weighted by atomic mass is 9.98. The monoisotopic (exact) mass is 838 g/mol. The number of benzene rings is 2. The van der Waals surface area contributed by atoms with E-state index in [4.69, 9.17) is 57.2 Å². The number of fused-ring (bicyclic) bond motifs is 3. The van der Waals surface area contributed by atoms with Crippen molar-refractivity contribution in [1.82, 2.24) is 10.6 Å². The third-order valence-corrected chi connectivity index (χ3v) is 8.27. The molecule has 0 radical (unpaired) electrons. The molecule has 2 aromatic rings. The maximum absolute atomic E-state index is 12.2. The Balaban J connectivity index is 0.934. The summed E-state index contributed by atoms with van der Waals surface area (Å²) >= 11 is 0. The fourth-order valence-corrected chi connectivity index (χ4v) is 5.46. The molecule has 0 saturated carbocycles. The van der Waals surface area contributed by atoms with Crippen molar-refractivity contribution in [1.29, 1.82) is 0 Å². The molecule has 0 fully saturated rings. The fraction of sp³-hybridized carbons (Fsp3) is 0.634. The lowest BCUT2D eigenvalue weighted by molar-refractivity contribution is -0.151. The van der Waals surface area contributed by atoms with Gasteiger partial charge in [-0.3, -0.25) is 4.79 Å². The number of aliphatic hydroxyl groups excluding tert-OH is 1. The molecule has 59 heavy (non-hydrogen) atoms. The molecule has 0 unspecified atom stereocenters. The van der Waals surface area contributed by atoms with E-state index in [0.29, 0.717) is 132 Å². The smallest absolute Gasteiger partial charge is 0.407 e. The predicted molar refractivity (Wildman–Crippen MR) is 212 cm³/mol. The Morgan fingerprint density at radius 3 is 1.17 bits per heavy atom. The van der Waals surface area contributed by atoms with Crippen LogP contribution in [0.1, 0.15) is 17.0 Å². The molecule has 18 heteroatoms. The number of rotatable bonds is 38. The van der Waals surface area contributed by atoms with Crippen molar-refractivity contribution in [3.05, 3.63) is 59.7 Å². The standard InChI is InChI=1S/C41H62N2O16/c44-31-40(46)58-33-39(45)42-9-11-48-13-15-50-17-19-52-21-23-54-25-27-56-29-30-57-28-26-55-24-22-53-20-18-51-16-14-49-12-10-43-41(47)59-32-38-36-7-3-1-5-34(36)35-6-2-4-8-37(35)38/h1-8,38,44H,9-33H2,(H,42,45)(H,43,47). The minimum atomic E-state index is -0.856. The average Bonchev–Trinajstić information content (AvgIpc) is 3.58. The largest absolute Gasteiger partial charge is 0.454 e. The Bertz CT molecular complexity index is 1360. The highest BCUT2D eigenvalue weighted by Crippen LogP contribution is 2.44. The van der Waals surface area contributed by atoms with Crippen LogP contribution in [0, 0.1) is 0 Å². The third kappa shape index (κ3) is 23.6. The van der Waals surface area contributed by atoms with Crippen LogP contribution >= 0.6 is 0 Å². The first kappa shape index (κ1) is 49.6. The summed E-state index contributed by atoms with van der Waals surface area (Å²) < 4.78 is 64.6.